The van der Waals surface area contributed by atoms with Crippen molar-refractivity contribution in [3.05, 3.63) is 23.8 Å². The van der Waals surface area contributed by atoms with Gasteiger partial charge in [-0.3, -0.25) is 9.18 Å². The van der Waals surface area contributed by atoms with Crippen LogP contribution in [0.5, 0.6) is 11.5 Å². The van der Waals surface area contributed by atoms with E-state index in [0.717, 1.165) is 0 Å². The van der Waals surface area contributed by atoms with Crippen LogP contribution in [-0.2, 0) is 0 Å². The van der Waals surface area contributed by atoms with Gasteiger partial charge in [0, 0.05) is 12.5 Å². The predicted molar refractivity (Wildman–Crippen MR) is 54.5 cm³/mol. The van der Waals surface area contributed by atoms with E-state index in [0.29, 0.717) is 29.8 Å². The first-order chi connectivity index (χ1) is 7.31. The molecule has 82 valence electrons. The third-order valence-corrected chi connectivity index (χ3v) is 1.88. The van der Waals surface area contributed by atoms with Gasteiger partial charge in [-0.2, -0.15) is 0 Å². The smallest absolute Gasteiger partial charge is 0.153 e. The van der Waals surface area contributed by atoms with Gasteiger partial charge in [-0.1, -0.05) is 0 Å². The molecular formula is C11H13FO3. The van der Waals surface area contributed by atoms with Crippen molar-refractivity contribution >= 4 is 6.29 Å². The normalized spacial score (nSPS) is 9.73. The van der Waals surface area contributed by atoms with Gasteiger partial charge >= 0.3 is 0 Å². The van der Waals surface area contributed by atoms with E-state index in [4.69, 9.17) is 9.47 Å². The first-order valence-electron chi connectivity index (χ1n) is 4.63. The monoisotopic (exact) mass is 212 g/mol. The Hall–Kier alpha value is -1.58. The number of benzene rings is 1. The second-order valence-electron chi connectivity index (χ2n) is 2.91. The molecule has 0 fully saturated rings. The van der Waals surface area contributed by atoms with Crippen LogP contribution < -0.4 is 9.47 Å². The summed E-state index contributed by atoms with van der Waals surface area (Å²) in [7, 11) is 1.53. The fraction of sp³-hybridized carbons (Fsp3) is 0.364. The number of alkyl halides is 1. The van der Waals surface area contributed by atoms with Gasteiger partial charge in [-0.05, 0) is 12.1 Å². The molecule has 0 amide bonds. The van der Waals surface area contributed by atoms with Crippen LogP contribution in [0.2, 0.25) is 0 Å². The summed E-state index contributed by atoms with van der Waals surface area (Å²) in [5.41, 5.74) is 0.439. The highest BCUT2D eigenvalue weighted by Crippen LogP contribution is 2.23. The van der Waals surface area contributed by atoms with Crippen LogP contribution in [-0.4, -0.2) is 26.7 Å². The van der Waals surface area contributed by atoms with Crippen molar-refractivity contribution in [2.24, 2.45) is 0 Å². The first-order valence-corrected chi connectivity index (χ1v) is 4.63. The molecule has 0 saturated carbocycles. The third kappa shape index (κ3) is 3.23. The van der Waals surface area contributed by atoms with Crippen LogP contribution in [0.1, 0.15) is 16.8 Å². The highest BCUT2D eigenvalue weighted by molar-refractivity contribution is 5.79. The summed E-state index contributed by atoms with van der Waals surface area (Å²) in [5.74, 6) is 1.04. The Labute approximate surface area is 87.8 Å². The maximum Gasteiger partial charge on any atom is 0.153 e. The Bertz CT molecular complexity index is 326. The van der Waals surface area contributed by atoms with Gasteiger partial charge in [0.15, 0.2) is 6.29 Å². The van der Waals surface area contributed by atoms with Crippen LogP contribution in [0, 0.1) is 0 Å². The fourth-order valence-electron chi connectivity index (χ4n) is 1.10. The Morgan fingerprint density at radius 3 is 2.87 bits per heavy atom. The summed E-state index contributed by atoms with van der Waals surface area (Å²) >= 11 is 0. The zero-order valence-electron chi connectivity index (χ0n) is 8.53. The van der Waals surface area contributed by atoms with E-state index < -0.39 is 6.67 Å². The molecule has 0 heterocycles. The van der Waals surface area contributed by atoms with Gasteiger partial charge in [0.25, 0.3) is 0 Å². The first kappa shape index (κ1) is 11.5. The van der Waals surface area contributed by atoms with Gasteiger partial charge in [0.05, 0.1) is 26.0 Å². The molecule has 0 aliphatic carbocycles. The lowest BCUT2D eigenvalue weighted by molar-refractivity contribution is 0.111. The SMILES string of the molecule is COc1ccc(C=O)c(OCCCF)c1. The number of ether oxygens (including phenoxy) is 2. The number of methoxy groups -OCH3 is 1. The number of rotatable bonds is 6. The average Bonchev–Trinajstić information content (AvgIpc) is 2.29. The van der Waals surface area contributed by atoms with E-state index in [1.54, 1.807) is 18.2 Å². The minimum atomic E-state index is -0.430. The van der Waals surface area contributed by atoms with E-state index in [-0.39, 0.29) is 6.61 Å². The highest BCUT2D eigenvalue weighted by atomic mass is 19.1. The molecule has 0 aromatic heterocycles. The molecule has 1 rings (SSSR count). The van der Waals surface area contributed by atoms with Crippen molar-refractivity contribution < 1.29 is 18.7 Å². The molecule has 1 aromatic rings. The number of hydrogen-bond donors (Lipinski definition) is 0. The number of carbonyl (C=O) groups excluding carboxylic acids is 1. The number of hydrogen-bond acceptors (Lipinski definition) is 3. The van der Waals surface area contributed by atoms with Crippen molar-refractivity contribution in [1.29, 1.82) is 0 Å². The summed E-state index contributed by atoms with van der Waals surface area (Å²) in [6.45, 7) is -0.176. The van der Waals surface area contributed by atoms with E-state index in [9.17, 15) is 9.18 Å². The van der Waals surface area contributed by atoms with Gasteiger partial charge in [-0.15, -0.1) is 0 Å². The van der Waals surface area contributed by atoms with Crippen molar-refractivity contribution in [1.82, 2.24) is 0 Å². The van der Waals surface area contributed by atoms with Crippen molar-refractivity contribution in [2.75, 3.05) is 20.4 Å². The van der Waals surface area contributed by atoms with Crippen LogP contribution in [0.3, 0.4) is 0 Å². The molecule has 4 heteroatoms. The van der Waals surface area contributed by atoms with Gasteiger partial charge in [0.1, 0.15) is 11.5 Å². The molecule has 0 N–H and O–H groups in total. The van der Waals surface area contributed by atoms with E-state index in [1.165, 1.54) is 7.11 Å². The number of carbonyl (C=O) groups is 1. The zero-order chi connectivity index (χ0) is 11.1. The summed E-state index contributed by atoms with van der Waals surface area (Å²) < 4.78 is 22.1. The maximum absolute atomic E-state index is 11.8. The zero-order valence-corrected chi connectivity index (χ0v) is 8.53. The van der Waals surface area contributed by atoms with E-state index in [2.05, 4.69) is 0 Å². The Balaban J connectivity index is 2.76. The molecule has 15 heavy (non-hydrogen) atoms. The van der Waals surface area contributed by atoms with Gasteiger partial charge < -0.3 is 9.47 Å². The molecule has 0 unspecified atom stereocenters. The standard InChI is InChI=1S/C11H13FO3/c1-14-10-4-3-9(8-13)11(7-10)15-6-2-5-12/h3-4,7-8H,2,5-6H2,1H3. The lowest BCUT2D eigenvalue weighted by Crippen LogP contribution is -2.01. The molecular weight excluding hydrogens is 199 g/mol. The number of aldehydes is 1. The minimum absolute atomic E-state index is 0.254. The maximum atomic E-state index is 11.8. The Morgan fingerprint density at radius 2 is 2.27 bits per heavy atom. The highest BCUT2D eigenvalue weighted by Gasteiger charge is 2.04. The average molecular weight is 212 g/mol. The fourth-order valence-corrected chi connectivity index (χ4v) is 1.10. The van der Waals surface area contributed by atoms with Gasteiger partial charge in [0.2, 0.25) is 0 Å². The molecule has 0 aliphatic heterocycles. The molecule has 3 nitrogen and oxygen atoms in total. The lowest BCUT2D eigenvalue weighted by atomic mass is 10.2. The molecule has 0 bridgehead atoms. The van der Waals surface area contributed by atoms with Gasteiger partial charge in [-0.25, -0.2) is 0 Å². The summed E-state index contributed by atoms with van der Waals surface area (Å²) in [6, 6.07) is 4.89. The Morgan fingerprint density at radius 1 is 1.47 bits per heavy atom. The lowest BCUT2D eigenvalue weighted by Gasteiger charge is -2.08. The van der Waals surface area contributed by atoms with Crippen LogP contribution >= 0.6 is 0 Å². The summed E-state index contributed by atoms with van der Waals surface area (Å²) in [6.07, 6.45) is 1.01. The second kappa shape index (κ2) is 6.01. The van der Waals surface area contributed by atoms with Crippen molar-refractivity contribution in [2.45, 2.75) is 6.42 Å². The summed E-state index contributed by atoms with van der Waals surface area (Å²) in [4.78, 5) is 10.7. The third-order valence-electron chi connectivity index (χ3n) is 1.88. The largest absolute Gasteiger partial charge is 0.497 e. The minimum Gasteiger partial charge on any atom is -0.497 e. The quantitative estimate of drug-likeness (QED) is 0.536. The van der Waals surface area contributed by atoms with E-state index >= 15 is 0 Å². The second-order valence-corrected chi connectivity index (χ2v) is 2.91. The molecule has 1 aromatic carbocycles. The molecule has 0 aliphatic rings. The summed E-state index contributed by atoms with van der Waals surface area (Å²) in [5, 5.41) is 0. The number of halogens is 1. The van der Waals surface area contributed by atoms with Crippen LogP contribution in [0.25, 0.3) is 0 Å². The van der Waals surface area contributed by atoms with E-state index in [1.807, 2.05) is 0 Å². The molecule has 0 saturated heterocycles. The van der Waals surface area contributed by atoms with Crippen molar-refractivity contribution in [3.63, 3.8) is 0 Å². The predicted octanol–water partition coefficient (Wildman–Crippen LogP) is 2.25. The Kier molecular flexibility index (Phi) is 4.60. The molecule has 0 spiro atoms. The molecule has 0 atom stereocenters. The van der Waals surface area contributed by atoms with Crippen molar-refractivity contribution in [3.8, 4) is 11.5 Å². The topological polar surface area (TPSA) is 35.5 Å². The van der Waals surface area contributed by atoms with Crippen LogP contribution in [0.15, 0.2) is 18.2 Å². The molecule has 0 radical (unpaired) electrons. The van der Waals surface area contributed by atoms with Crippen LogP contribution in [0.4, 0.5) is 4.39 Å².